The van der Waals surface area contributed by atoms with E-state index in [0.29, 0.717) is 22.0 Å². The third kappa shape index (κ3) is 4.31. The lowest BCUT2D eigenvalue weighted by molar-refractivity contribution is 0.102. The molecule has 3 aromatic carbocycles. The van der Waals surface area contributed by atoms with E-state index >= 15 is 0 Å². The highest BCUT2D eigenvalue weighted by Crippen LogP contribution is 2.23. The molecule has 0 fully saturated rings. The van der Waals surface area contributed by atoms with Gasteiger partial charge in [-0.1, -0.05) is 29.8 Å². The summed E-state index contributed by atoms with van der Waals surface area (Å²) < 4.78 is 5.22. The highest BCUT2D eigenvalue weighted by atomic mass is 35.5. The number of halogens is 1. The fraction of sp³-hybridized carbons (Fsp3) is 0.0500. The second-order valence-electron chi connectivity index (χ2n) is 5.37. The van der Waals surface area contributed by atoms with Gasteiger partial charge < -0.3 is 15.4 Å². The fourth-order valence-corrected chi connectivity index (χ4v) is 2.59. The number of hydrogen-bond donors (Lipinski definition) is 2. The maximum Gasteiger partial charge on any atom is 0.259 e. The first-order chi connectivity index (χ1) is 12.2. The zero-order chi connectivity index (χ0) is 17.6. The zero-order valence-electron chi connectivity index (χ0n) is 13.6. The molecule has 0 aliphatic heterocycles. The van der Waals surface area contributed by atoms with Crippen LogP contribution in [-0.2, 0) is 0 Å². The molecule has 0 saturated carbocycles. The molecule has 5 heteroatoms. The van der Waals surface area contributed by atoms with Gasteiger partial charge in [0.05, 0.1) is 12.7 Å². The molecule has 2 N–H and O–H groups in total. The number of carbonyl (C=O) groups is 1. The van der Waals surface area contributed by atoms with Crippen LogP contribution in [0.5, 0.6) is 5.75 Å². The Balaban J connectivity index is 1.69. The fourth-order valence-electron chi connectivity index (χ4n) is 2.40. The van der Waals surface area contributed by atoms with Crippen molar-refractivity contribution in [2.45, 2.75) is 0 Å². The lowest BCUT2D eigenvalue weighted by Gasteiger charge is -2.10. The van der Waals surface area contributed by atoms with Gasteiger partial charge in [-0.2, -0.15) is 0 Å². The number of rotatable bonds is 5. The van der Waals surface area contributed by atoms with Gasteiger partial charge in [-0.15, -0.1) is 0 Å². The van der Waals surface area contributed by atoms with Crippen LogP contribution in [0.4, 0.5) is 17.1 Å². The van der Waals surface area contributed by atoms with Crippen molar-refractivity contribution in [2.75, 3.05) is 17.7 Å². The number of amides is 1. The van der Waals surface area contributed by atoms with Crippen LogP contribution >= 0.6 is 11.6 Å². The van der Waals surface area contributed by atoms with Gasteiger partial charge in [0.2, 0.25) is 0 Å². The van der Waals surface area contributed by atoms with Gasteiger partial charge in [0.15, 0.2) is 0 Å². The van der Waals surface area contributed by atoms with Gasteiger partial charge in [0.25, 0.3) is 5.91 Å². The van der Waals surface area contributed by atoms with Gasteiger partial charge in [0, 0.05) is 22.1 Å². The van der Waals surface area contributed by atoms with Crippen molar-refractivity contribution in [3.05, 3.63) is 83.4 Å². The largest absolute Gasteiger partial charge is 0.496 e. The molecular weight excluding hydrogens is 336 g/mol. The Hall–Kier alpha value is -2.98. The molecule has 25 heavy (non-hydrogen) atoms. The average Bonchev–Trinajstić information content (AvgIpc) is 2.63. The third-order valence-electron chi connectivity index (χ3n) is 3.61. The summed E-state index contributed by atoms with van der Waals surface area (Å²) in [5.74, 6) is 0.326. The molecule has 0 bridgehead atoms. The maximum atomic E-state index is 12.4. The zero-order valence-corrected chi connectivity index (χ0v) is 14.4. The predicted molar refractivity (Wildman–Crippen MR) is 102 cm³/mol. The molecule has 0 atom stereocenters. The smallest absolute Gasteiger partial charge is 0.259 e. The highest BCUT2D eigenvalue weighted by molar-refractivity contribution is 6.30. The van der Waals surface area contributed by atoms with Crippen LogP contribution in [0, 0.1) is 0 Å². The van der Waals surface area contributed by atoms with Gasteiger partial charge in [0.1, 0.15) is 5.75 Å². The molecule has 1 amide bonds. The van der Waals surface area contributed by atoms with Crippen molar-refractivity contribution in [1.29, 1.82) is 0 Å². The Bertz CT molecular complexity index is 879. The van der Waals surface area contributed by atoms with Gasteiger partial charge in [-0.3, -0.25) is 4.79 Å². The Morgan fingerprint density at radius 1 is 0.880 bits per heavy atom. The minimum Gasteiger partial charge on any atom is -0.496 e. The first-order valence-corrected chi connectivity index (χ1v) is 8.10. The lowest BCUT2D eigenvalue weighted by Crippen LogP contribution is -2.13. The third-order valence-corrected chi connectivity index (χ3v) is 3.84. The van der Waals surface area contributed by atoms with Crippen LogP contribution in [0.25, 0.3) is 0 Å². The molecule has 0 saturated heterocycles. The van der Waals surface area contributed by atoms with Crippen molar-refractivity contribution in [2.24, 2.45) is 0 Å². The number of carbonyl (C=O) groups excluding carboxylic acids is 1. The molecule has 0 unspecified atom stereocenters. The second-order valence-corrected chi connectivity index (χ2v) is 5.80. The molecule has 4 nitrogen and oxygen atoms in total. The molecule has 0 aliphatic carbocycles. The first-order valence-electron chi connectivity index (χ1n) is 7.73. The summed E-state index contributed by atoms with van der Waals surface area (Å²) in [5.41, 5.74) is 2.99. The predicted octanol–water partition coefficient (Wildman–Crippen LogP) is 5.34. The molecule has 0 heterocycles. The molecule has 3 aromatic rings. The number of ether oxygens (including phenoxy) is 1. The summed E-state index contributed by atoms with van der Waals surface area (Å²) in [7, 11) is 1.54. The minimum absolute atomic E-state index is 0.215. The minimum atomic E-state index is -0.215. The van der Waals surface area contributed by atoms with Crippen molar-refractivity contribution in [1.82, 2.24) is 0 Å². The Morgan fingerprint density at radius 2 is 1.60 bits per heavy atom. The summed E-state index contributed by atoms with van der Waals surface area (Å²) in [6, 6.07) is 22.0. The topological polar surface area (TPSA) is 50.4 Å². The van der Waals surface area contributed by atoms with E-state index in [4.69, 9.17) is 16.3 Å². The summed E-state index contributed by atoms with van der Waals surface area (Å²) in [5, 5.41) is 6.80. The number of hydrogen-bond acceptors (Lipinski definition) is 3. The van der Waals surface area contributed by atoms with Crippen molar-refractivity contribution in [3.63, 3.8) is 0 Å². The van der Waals surface area contributed by atoms with Crippen LogP contribution in [0.1, 0.15) is 10.4 Å². The normalized spacial score (nSPS) is 10.2. The highest BCUT2D eigenvalue weighted by Gasteiger charge is 2.11. The van der Waals surface area contributed by atoms with Crippen LogP contribution in [0.2, 0.25) is 5.02 Å². The number of methoxy groups -OCH3 is 1. The van der Waals surface area contributed by atoms with E-state index in [1.807, 2.05) is 54.6 Å². The monoisotopic (exact) mass is 352 g/mol. The number of benzene rings is 3. The summed E-state index contributed by atoms with van der Waals surface area (Å²) in [6.45, 7) is 0. The second kappa shape index (κ2) is 7.73. The molecule has 3 rings (SSSR count). The standard InChI is InChI=1S/C20H17ClN2O2/c1-25-19-8-3-2-7-18(19)20(24)23-16-11-9-15(10-12-16)22-17-6-4-5-14(21)13-17/h2-13,22H,1H3,(H,23,24). The lowest BCUT2D eigenvalue weighted by atomic mass is 10.2. The van der Waals surface area contributed by atoms with Crippen molar-refractivity contribution in [3.8, 4) is 5.75 Å². The SMILES string of the molecule is COc1ccccc1C(=O)Nc1ccc(Nc2cccc(Cl)c2)cc1. The van der Waals surface area contributed by atoms with Crippen LogP contribution < -0.4 is 15.4 Å². The van der Waals surface area contributed by atoms with Gasteiger partial charge >= 0.3 is 0 Å². The van der Waals surface area contributed by atoms with Crippen LogP contribution in [0.3, 0.4) is 0 Å². The van der Waals surface area contributed by atoms with Crippen LogP contribution in [-0.4, -0.2) is 13.0 Å². The molecule has 0 radical (unpaired) electrons. The number of nitrogens with one attached hydrogen (secondary N) is 2. The van der Waals surface area contributed by atoms with Crippen LogP contribution in [0.15, 0.2) is 72.8 Å². The molecule has 0 spiro atoms. The quantitative estimate of drug-likeness (QED) is 0.651. The van der Waals surface area contributed by atoms with E-state index in [-0.39, 0.29) is 5.91 Å². The summed E-state index contributed by atoms with van der Waals surface area (Å²) >= 11 is 5.98. The van der Waals surface area contributed by atoms with E-state index < -0.39 is 0 Å². The van der Waals surface area contributed by atoms with Crippen molar-refractivity contribution >= 4 is 34.6 Å². The van der Waals surface area contributed by atoms with E-state index in [0.717, 1.165) is 11.4 Å². The van der Waals surface area contributed by atoms with E-state index in [1.54, 1.807) is 25.3 Å². The first kappa shape index (κ1) is 16.9. The summed E-state index contributed by atoms with van der Waals surface area (Å²) in [4.78, 5) is 12.4. The molecule has 126 valence electrons. The van der Waals surface area contributed by atoms with Crippen molar-refractivity contribution < 1.29 is 9.53 Å². The molecule has 0 aliphatic rings. The van der Waals surface area contributed by atoms with E-state index in [2.05, 4.69) is 10.6 Å². The van der Waals surface area contributed by atoms with E-state index in [1.165, 1.54) is 0 Å². The number of anilines is 3. The Morgan fingerprint density at radius 3 is 2.32 bits per heavy atom. The molecular formula is C20H17ClN2O2. The van der Waals surface area contributed by atoms with E-state index in [9.17, 15) is 4.79 Å². The number of para-hydroxylation sites is 1. The maximum absolute atomic E-state index is 12.4. The summed E-state index contributed by atoms with van der Waals surface area (Å²) in [6.07, 6.45) is 0. The molecule has 0 aromatic heterocycles. The average molecular weight is 353 g/mol. The van der Waals surface area contributed by atoms with Gasteiger partial charge in [-0.25, -0.2) is 0 Å². The Kier molecular flexibility index (Phi) is 5.21. The van der Waals surface area contributed by atoms with Gasteiger partial charge in [-0.05, 0) is 54.6 Å². The Labute approximate surface area is 151 Å².